The highest BCUT2D eigenvalue weighted by Crippen LogP contribution is 2.22. The Hall–Kier alpha value is -1.13. The highest BCUT2D eigenvalue weighted by molar-refractivity contribution is 7.71. The minimum absolute atomic E-state index is 0.728. The molecule has 1 aromatic carbocycles. The molecule has 1 aliphatic rings. The number of hydrogen-bond donors (Lipinski definition) is 1. The number of nitrogens with one attached hydrogen (secondary N) is 1. The van der Waals surface area contributed by atoms with Crippen molar-refractivity contribution in [2.24, 2.45) is 5.92 Å². The van der Waals surface area contributed by atoms with Crippen LogP contribution in [0.1, 0.15) is 18.9 Å². The number of nitrogens with zero attached hydrogens (tertiary/aromatic N) is 2. The zero-order valence-electron chi connectivity index (χ0n) is 11.6. The fourth-order valence-corrected chi connectivity index (χ4v) is 3.33. The van der Waals surface area contributed by atoms with E-state index in [-0.39, 0.29) is 0 Å². The summed E-state index contributed by atoms with van der Waals surface area (Å²) in [6.45, 7) is 9.01. The first kappa shape index (κ1) is 12.9. The second-order valence-corrected chi connectivity index (χ2v) is 6.00. The Bertz CT molecular complexity index is 640. The van der Waals surface area contributed by atoms with E-state index < -0.39 is 0 Å². The molecular weight excluding hydrogens is 254 g/mol. The number of aromatic amines is 1. The van der Waals surface area contributed by atoms with Crippen LogP contribution in [0, 0.1) is 17.6 Å². The number of imidazole rings is 1. The summed E-state index contributed by atoms with van der Waals surface area (Å²) in [6.07, 6.45) is 1.29. The first-order valence-corrected chi connectivity index (χ1v) is 7.49. The Balaban J connectivity index is 1.90. The van der Waals surface area contributed by atoms with E-state index >= 15 is 0 Å². The maximum atomic E-state index is 5.48. The Morgan fingerprint density at radius 2 is 2.26 bits per heavy atom. The summed E-state index contributed by atoms with van der Waals surface area (Å²) >= 11 is 5.48. The summed E-state index contributed by atoms with van der Waals surface area (Å²) in [5.74, 6) is 0.728. The molecule has 4 heteroatoms. The maximum absolute atomic E-state index is 5.48. The summed E-state index contributed by atoms with van der Waals surface area (Å²) in [5, 5.41) is 0. The monoisotopic (exact) mass is 275 g/mol. The van der Waals surface area contributed by atoms with Crippen molar-refractivity contribution < 1.29 is 0 Å². The molecule has 1 N–H and O–H groups in total. The lowest BCUT2D eigenvalue weighted by atomic mass is 10.1. The van der Waals surface area contributed by atoms with Gasteiger partial charge in [-0.1, -0.05) is 13.0 Å². The average molecular weight is 275 g/mol. The van der Waals surface area contributed by atoms with Gasteiger partial charge in [-0.2, -0.15) is 0 Å². The summed E-state index contributed by atoms with van der Waals surface area (Å²) in [4.78, 5) is 5.84. The molecule has 2 aromatic rings. The molecule has 1 saturated heterocycles. The zero-order chi connectivity index (χ0) is 13.4. The second-order valence-electron chi connectivity index (χ2n) is 5.61. The van der Waals surface area contributed by atoms with Gasteiger partial charge in [0.05, 0.1) is 11.0 Å². The topological polar surface area (TPSA) is 24.0 Å². The third-order valence-corrected chi connectivity index (χ3v) is 4.51. The predicted octanol–water partition coefficient (Wildman–Crippen LogP) is 3.35. The van der Waals surface area contributed by atoms with Gasteiger partial charge in [0.2, 0.25) is 0 Å². The molecular formula is C15H21N3S. The van der Waals surface area contributed by atoms with E-state index in [9.17, 15) is 0 Å². The van der Waals surface area contributed by atoms with Crippen molar-refractivity contribution in [1.82, 2.24) is 14.5 Å². The molecule has 1 fully saturated rings. The molecule has 102 valence electrons. The quantitative estimate of drug-likeness (QED) is 0.869. The molecule has 0 saturated carbocycles. The molecule has 3 nitrogen and oxygen atoms in total. The van der Waals surface area contributed by atoms with Crippen LogP contribution in [0.25, 0.3) is 11.0 Å². The van der Waals surface area contributed by atoms with Crippen LogP contribution in [-0.4, -0.2) is 34.1 Å². The number of hydrogen-bond acceptors (Lipinski definition) is 2. The standard InChI is InChI=1S/C15H21N3S/c1-3-17-7-6-12(9-17)10-18-14-8-11(2)4-5-13(14)16-15(18)19/h4-5,8,12H,3,6-7,9-10H2,1-2H3,(H,16,19). The van der Waals surface area contributed by atoms with E-state index in [4.69, 9.17) is 12.2 Å². The molecule has 0 bridgehead atoms. The van der Waals surface area contributed by atoms with Gasteiger partial charge in [-0.05, 0) is 62.3 Å². The minimum Gasteiger partial charge on any atom is -0.331 e. The van der Waals surface area contributed by atoms with Gasteiger partial charge in [0.15, 0.2) is 4.77 Å². The molecule has 0 aliphatic carbocycles. The van der Waals surface area contributed by atoms with Crippen LogP contribution >= 0.6 is 12.2 Å². The molecule has 1 unspecified atom stereocenters. The Morgan fingerprint density at radius 1 is 1.42 bits per heavy atom. The molecule has 1 aliphatic heterocycles. The van der Waals surface area contributed by atoms with Crippen LogP contribution in [0.15, 0.2) is 18.2 Å². The van der Waals surface area contributed by atoms with Crippen molar-refractivity contribution >= 4 is 23.3 Å². The molecule has 0 radical (unpaired) electrons. The van der Waals surface area contributed by atoms with E-state index in [0.717, 1.165) is 29.3 Å². The summed E-state index contributed by atoms with van der Waals surface area (Å²) in [7, 11) is 0. The Kier molecular flexibility index (Phi) is 3.46. The van der Waals surface area contributed by atoms with Gasteiger partial charge in [-0.25, -0.2) is 0 Å². The number of rotatable bonds is 3. The van der Waals surface area contributed by atoms with E-state index in [1.165, 1.54) is 30.6 Å². The van der Waals surface area contributed by atoms with Gasteiger partial charge in [0, 0.05) is 13.1 Å². The zero-order valence-corrected chi connectivity index (χ0v) is 12.5. The molecule has 0 amide bonds. The van der Waals surface area contributed by atoms with Gasteiger partial charge >= 0.3 is 0 Å². The van der Waals surface area contributed by atoms with Gasteiger partial charge in [-0.15, -0.1) is 0 Å². The van der Waals surface area contributed by atoms with Crippen LogP contribution in [-0.2, 0) is 6.54 Å². The number of likely N-dealkylation sites (tertiary alicyclic amines) is 1. The third-order valence-electron chi connectivity index (χ3n) is 4.19. The van der Waals surface area contributed by atoms with E-state index in [1.807, 2.05) is 0 Å². The fraction of sp³-hybridized carbons (Fsp3) is 0.533. The van der Waals surface area contributed by atoms with Crippen LogP contribution in [0.5, 0.6) is 0 Å². The highest BCUT2D eigenvalue weighted by Gasteiger charge is 2.22. The largest absolute Gasteiger partial charge is 0.331 e. The summed E-state index contributed by atoms with van der Waals surface area (Å²) in [5.41, 5.74) is 3.69. The minimum atomic E-state index is 0.728. The molecule has 2 heterocycles. The Labute approximate surface area is 119 Å². The average Bonchev–Trinajstić information content (AvgIpc) is 2.96. The van der Waals surface area contributed by atoms with Gasteiger partial charge in [0.1, 0.15) is 0 Å². The molecule has 3 rings (SSSR count). The van der Waals surface area contributed by atoms with Crippen LogP contribution in [0.2, 0.25) is 0 Å². The van der Waals surface area contributed by atoms with Crippen molar-refractivity contribution in [2.75, 3.05) is 19.6 Å². The number of H-pyrrole nitrogens is 1. The van der Waals surface area contributed by atoms with Crippen molar-refractivity contribution in [3.63, 3.8) is 0 Å². The maximum Gasteiger partial charge on any atom is 0.178 e. The van der Waals surface area contributed by atoms with E-state index in [1.54, 1.807) is 0 Å². The first-order valence-electron chi connectivity index (χ1n) is 7.09. The first-order chi connectivity index (χ1) is 9.17. The number of fused-ring (bicyclic) bond motifs is 1. The van der Waals surface area contributed by atoms with Crippen molar-refractivity contribution in [3.05, 3.63) is 28.5 Å². The second kappa shape index (κ2) is 5.10. The van der Waals surface area contributed by atoms with Crippen LogP contribution < -0.4 is 0 Å². The molecule has 1 aromatic heterocycles. The third kappa shape index (κ3) is 2.47. The van der Waals surface area contributed by atoms with Gasteiger partial charge in [0.25, 0.3) is 0 Å². The smallest absolute Gasteiger partial charge is 0.178 e. The lowest BCUT2D eigenvalue weighted by molar-refractivity contribution is 0.333. The molecule has 0 spiro atoms. The highest BCUT2D eigenvalue weighted by atomic mass is 32.1. The SMILES string of the molecule is CCN1CCC(Cn2c(=S)[nH]c3ccc(C)cc32)C1. The summed E-state index contributed by atoms with van der Waals surface area (Å²) < 4.78 is 3.14. The fourth-order valence-electron chi connectivity index (χ4n) is 3.05. The van der Waals surface area contributed by atoms with E-state index in [0.29, 0.717) is 0 Å². The Morgan fingerprint density at radius 3 is 3.00 bits per heavy atom. The van der Waals surface area contributed by atoms with E-state index in [2.05, 4.69) is 46.5 Å². The molecule has 1 atom stereocenters. The van der Waals surface area contributed by atoms with Crippen molar-refractivity contribution in [2.45, 2.75) is 26.8 Å². The van der Waals surface area contributed by atoms with Gasteiger partial charge in [-0.3, -0.25) is 0 Å². The van der Waals surface area contributed by atoms with Crippen molar-refractivity contribution in [1.29, 1.82) is 0 Å². The molecule has 19 heavy (non-hydrogen) atoms. The number of aryl methyl sites for hydroxylation is 1. The van der Waals surface area contributed by atoms with Crippen molar-refractivity contribution in [3.8, 4) is 0 Å². The van der Waals surface area contributed by atoms with Gasteiger partial charge < -0.3 is 14.5 Å². The lowest BCUT2D eigenvalue weighted by Crippen LogP contribution is -2.21. The normalized spacial score (nSPS) is 20.4. The number of aromatic nitrogens is 2. The lowest BCUT2D eigenvalue weighted by Gasteiger charge is -2.14. The number of benzene rings is 1. The van der Waals surface area contributed by atoms with Crippen LogP contribution in [0.4, 0.5) is 0 Å². The predicted molar refractivity (Wildman–Crippen MR) is 82.1 cm³/mol. The van der Waals surface area contributed by atoms with Crippen LogP contribution in [0.3, 0.4) is 0 Å². The summed E-state index contributed by atoms with van der Waals surface area (Å²) in [6, 6.07) is 6.49.